The van der Waals surface area contributed by atoms with Gasteiger partial charge in [0, 0.05) is 19.8 Å². The van der Waals surface area contributed by atoms with Crippen molar-refractivity contribution in [3.05, 3.63) is 23.3 Å². The molecule has 19 heavy (non-hydrogen) atoms. The fourth-order valence-electron chi connectivity index (χ4n) is 1.98. The van der Waals surface area contributed by atoms with E-state index >= 15 is 0 Å². The Morgan fingerprint density at radius 3 is 2.42 bits per heavy atom. The number of methoxy groups -OCH3 is 2. The second-order valence-electron chi connectivity index (χ2n) is 4.39. The lowest BCUT2D eigenvalue weighted by Crippen LogP contribution is -2.07. The smallest absolute Gasteiger partial charge is 0.188 e. The highest BCUT2D eigenvalue weighted by molar-refractivity contribution is 5.81. The Morgan fingerprint density at radius 2 is 1.84 bits per heavy atom. The molecule has 0 aromatic heterocycles. The van der Waals surface area contributed by atoms with Gasteiger partial charge in [0.15, 0.2) is 19.9 Å². The number of hydrogen-bond donors (Lipinski definition) is 0. The quantitative estimate of drug-likeness (QED) is 0.534. The van der Waals surface area contributed by atoms with Gasteiger partial charge in [-0.25, -0.2) is 0 Å². The Hall–Kier alpha value is -1.59. The lowest BCUT2D eigenvalue weighted by atomic mass is 10.0. The molecule has 0 bridgehead atoms. The highest BCUT2D eigenvalue weighted by Crippen LogP contribution is 2.49. The number of ether oxygens (including phenoxy) is 4. The molecule has 1 aliphatic carbocycles. The van der Waals surface area contributed by atoms with E-state index in [1.807, 2.05) is 0 Å². The summed E-state index contributed by atoms with van der Waals surface area (Å²) >= 11 is 0. The third-order valence-corrected chi connectivity index (χ3v) is 2.95. The molecule has 1 aromatic rings. The molecule has 0 N–H and O–H groups in total. The van der Waals surface area contributed by atoms with E-state index in [1.165, 1.54) is 0 Å². The van der Waals surface area contributed by atoms with E-state index in [9.17, 15) is 4.79 Å². The third kappa shape index (κ3) is 3.24. The van der Waals surface area contributed by atoms with Crippen LogP contribution < -0.4 is 9.47 Å². The predicted molar refractivity (Wildman–Crippen MR) is 68.8 cm³/mol. The van der Waals surface area contributed by atoms with Gasteiger partial charge in [-0.15, -0.1) is 0 Å². The Balaban J connectivity index is 2.36. The highest BCUT2D eigenvalue weighted by atomic mass is 16.7. The van der Waals surface area contributed by atoms with Gasteiger partial charge in [-0.3, -0.25) is 4.79 Å². The third-order valence-electron chi connectivity index (χ3n) is 2.95. The second-order valence-corrected chi connectivity index (χ2v) is 4.39. The standard InChI is InChI=1S/C14H18O5/c1-16-8-18-12-6-5-11(7-15)14(19-9-17-2)13(12)10-3-4-10/h5-7,10H,3-4,8-9H2,1-2H3. The zero-order valence-corrected chi connectivity index (χ0v) is 11.2. The van der Waals surface area contributed by atoms with E-state index in [4.69, 9.17) is 18.9 Å². The summed E-state index contributed by atoms with van der Waals surface area (Å²) in [6.45, 7) is 0.276. The summed E-state index contributed by atoms with van der Waals surface area (Å²) in [6.07, 6.45) is 2.95. The van der Waals surface area contributed by atoms with Crippen LogP contribution in [0.2, 0.25) is 0 Å². The van der Waals surface area contributed by atoms with E-state index in [1.54, 1.807) is 26.4 Å². The van der Waals surface area contributed by atoms with Gasteiger partial charge in [-0.05, 0) is 30.9 Å². The van der Waals surface area contributed by atoms with Crippen LogP contribution in [0.15, 0.2) is 12.1 Å². The van der Waals surface area contributed by atoms with Crippen LogP contribution >= 0.6 is 0 Å². The summed E-state index contributed by atoms with van der Waals surface area (Å²) in [4.78, 5) is 11.1. The molecule has 0 aliphatic heterocycles. The molecule has 104 valence electrons. The molecular formula is C14H18O5. The average Bonchev–Trinajstić information content (AvgIpc) is 3.26. The maximum absolute atomic E-state index is 11.1. The van der Waals surface area contributed by atoms with Crippen molar-refractivity contribution in [1.82, 2.24) is 0 Å². The number of carbonyl (C=O) groups is 1. The maximum Gasteiger partial charge on any atom is 0.188 e. The lowest BCUT2D eigenvalue weighted by molar-refractivity contribution is 0.0443. The zero-order chi connectivity index (χ0) is 13.7. The number of benzene rings is 1. The van der Waals surface area contributed by atoms with E-state index in [0.29, 0.717) is 23.0 Å². The molecule has 1 fully saturated rings. The summed E-state index contributed by atoms with van der Waals surface area (Å²) in [5, 5.41) is 0. The molecule has 1 aliphatic rings. The van der Waals surface area contributed by atoms with Crippen molar-refractivity contribution >= 4 is 6.29 Å². The van der Waals surface area contributed by atoms with Crippen LogP contribution in [0, 0.1) is 0 Å². The first-order valence-corrected chi connectivity index (χ1v) is 6.17. The van der Waals surface area contributed by atoms with Gasteiger partial charge in [0.25, 0.3) is 0 Å². The number of aldehydes is 1. The minimum Gasteiger partial charge on any atom is -0.467 e. The van der Waals surface area contributed by atoms with Crippen molar-refractivity contribution in [2.24, 2.45) is 0 Å². The number of carbonyl (C=O) groups excluding carboxylic acids is 1. The molecule has 0 amide bonds. The minimum absolute atomic E-state index is 0.105. The van der Waals surface area contributed by atoms with E-state index in [2.05, 4.69) is 0 Å². The van der Waals surface area contributed by atoms with Crippen LogP contribution in [0.25, 0.3) is 0 Å². The van der Waals surface area contributed by atoms with Crippen LogP contribution in [0.3, 0.4) is 0 Å². The largest absolute Gasteiger partial charge is 0.467 e. The Kier molecular flexibility index (Phi) is 4.76. The van der Waals surface area contributed by atoms with Crippen LogP contribution in [0.5, 0.6) is 11.5 Å². The first kappa shape index (κ1) is 13.8. The molecule has 0 atom stereocenters. The van der Waals surface area contributed by atoms with E-state index < -0.39 is 0 Å². The predicted octanol–water partition coefficient (Wildman–Crippen LogP) is 2.34. The van der Waals surface area contributed by atoms with E-state index in [0.717, 1.165) is 24.7 Å². The molecular weight excluding hydrogens is 248 g/mol. The van der Waals surface area contributed by atoms with Gasteiger partial charge in [0.1, 0.15) is 11.5 Å². The molecule has 1 aromatic carbocycles. The topological polar surface area (TPSA) is 54.0 Å². The zero-order valence-electron chi connectivity index (χ0n) is 11.2. The number of hydrogen-bond acceptors (Lipinski definition) is 5. The summed E-state index contributed by atoms with van der Waals surface area (Å²) in [7, 11) is 3.11. The van der Waals surface area contributed by atoms with Crippen molar-refractivity contribution in [3.8, 4) is 11.5 Å². The second kappa shape index (κ2) is 6.54. The minimum atomic E-state index is 0.105. The number of rotatable bonds is 8. The van der Waals surface area contributed by atoms with Crippen molar-refractivity contribution in [1.29, 1.82) is 0 Å². The fourth-order valence-corrected chi connectivity index (χ4v) is 1.98. The SMILES string of the molecule is COCOc1ccc(C=O)c(OCOC)c1C1CC1. The molecule has 0 heterocycles. The summed E-state index contributed by atoms with van der Waals surface area (Å²) in [5.74, 6) is 1.66. The van der Waals surface area contributed by atoms with Crippen molar-refractivity contribution in [3.63, 3.8) is 0 Å². The van der Waals surface area contributed by atoms with Crippen molar-refractivity contribution in [2.75, 3.05) is 27.8 Å². The van der Waals surface area contributed by atoms with Crippen molar-refractivity contribution < 1.29 is 23.7 Å². The molecule has 0 saturated heterocycles. The van der Waals surface area contributed by atoms with Crippen molar-refractivity contribution in [2.45, 2.75) is 18.8 Å². The average molecular weight is 266 g/mol. The Morgan fingerprint density at radius 1 is 1.16 bits per heavy atom. The van der Waals surface area contributed by atoms with Crippen LogP contribution in [0.4, 0.5) is 0 Å². The van der Waals surface area contributed by atoms with Gasteiger partial charge in [-0.1, -0.05) is 0 Å². The summed E-state index contributed by atoms with van der Waals surface area (Å²) in [5.41, 5.74) is 1.46. The first-order chi connectivity index (χ1) is 9.31. The first-order valence-electron chi connectivity index (χ1n) is 6.17. The highest BCUT2D eigenvalue weighted by Gasteiger charge is 2.32. The Bertz CT molecular complexity index is 440. The fraction of sp³-hybridized carbons (Fsp3) is 0.500. The van der Waals surface area contributed by atoms with Gasteiger partial charge < -0.3 is 18.9 Å². The molecule has 2 rings (SSSR count). The Labute approximate surface area is 112 Å². The summed E-state index contributed by atoms with van der Waals surface area (Å²) in [6, 6.07) is 3.48. The normalized spacial score (nSPS) is 14.2. The van der Waals surface area contributed by atoms with E-state index in [-0.39, 0.29) is 13.6 Å². The van der Waals surface area contributed by atoms with Gasteiger partial charge in [0.05, 0.1) is 5.56 Å². The van der Waals surface area contributed by atoms with Gasteiger partial charge >= 0.3 is 0 Å². The van der Waals surface area contributed by atoms with Gasteiger partial charge in [0.2, 0.25) is 0 Å². The van der Waals surface area contributed by atoms with Crippen LogP contribution in [-0.4, -0.2) is 34.1 Å². The molecule has 5 heteroatoms. The molecule has 0 unspecified atom stereocenters. The molecule has 5 nitrogen and oxygen atoms in total. The summed E-state index contributed by atoms with van der Waals surface area (Å²) < 4.78 is 20.9. The lowest BCUT2D eigenvalue weighted by Gasteiger charge is -2.17. The monoisotopic (exact) mass is 266 g/mol. The molecule has 0 radical (unpaired) electrons. The molecule has 1 saturated carbocycles. The maximum atomic E-state index is 11.1. The molecule has 0 spiro atoms. The van der Waals surface area contributed by atoms with Gasteiger partial charge in [-0.2, -0.15) is 0 Å². The van der Waals surface area contributed by atoms with Crippen LogP contribution in [-0.2, 0) is 9.47 Å². The van der Waals surface area contributed by atoms with Crippen LogP contribution in [0.1, 0.15) is 34.7 Å².